The Hall–Kier alpha value is -3.62. The van der Waals surface area contributed by atoms with Gasteiger partial charge in [-0.3, -0.25) is 0 Å². The SMILES string of the molecule is Nc1ccc(-c2c(I)c(I)c(N(c3ccccc3)c3ccccc3)c(-c3ccccc3)c2-c2ccccc2)cc1. The number of anilines is 4. The number of para-hydroxylation sites is 2. The molecule has 40 heavy (non-hydrogen) atoms. The Morgan fingerprint density at radius 1 is 0.400 bits per heavy atom. The van der Waals surface area contributed by atoms with Gasteiger partial charge < -0.3 is 10.6 Å². The van der Waals surface area contributed by atoms with Crippen LogP contribution >= 0.6 is 45.2 Å². The van der Waals surface area contributed by atoms with Gasteiger partial charge in [-0.05, 0) is 98.3 Å². The predicted molar refractivity (Wildman–Crippen MR) is 187 cm³/mol. The molecule has 0 heterocycles. The predicted octanol–water partition coefficient (Wildman–Crippen LogP) is 10.9. The molecule has 2 N–H and O–H groups in total. The van der Waals surface area contributed by atoms with Gasteiger partial charge in [-0.25, -0.2) is 0 Å². The van der Waals surface area contributed by atoms with Crippen LogP contribution in [0.5, 0.6) is 0 Å². The van der Waals surface area contributed by atoms with Crippen molar-refractivity contribution in [1.29, 1.82) is 0 Å². The van der Waals surface area contributed by atoms with Gasteiger partial charge in [0, 0.05) is 37.3 Å². The molecule has 0 saturated carbocycles. The van der Waals surface area contributed by atoms with Crippen LogP contribution in [-0.2, 0) is 0 Å². The van der Waals surface area contributed by atoms with E-state index in [1.54, 1.807) is 0 Å². The van der Waals surface area contributed by atoms with Gasteiger partial charge in [-0.15, -0.1) is 0 Å². The summed E-state index contributed by atoms with van der Waals surface area (Å²) in [5, 5.41) is 0. The third-order valence-electron chi connectivity index (χ3n) is 6.93. The first-order chi connectivity index (χ1) is 19.6. The van der Waals surface area contributed by atoms with Crippen molar-refractivity contribution in [2.24, 2.45) is 0 Å². The van der Waals surface area contributed by atoms with Crippen molar-refractivity contribution in [3.05, 3.63) is 153 Å². The van der Waals surface area contributed by atoms with Crippen LogP contribution in [0.1, 0.15) is 0 Å². The lowest BCUT2D eigenvalue weighted by molar-refractivity contribution is 1.27. The van der Waals surface area contributed by atoms with E-state index in [0.717, 1.165) is 28.3 Å². The van der Waals surface area contributed by atoms with Crippen molar-refractivity contribution < 1.29 is 0 Å². The van der Waals surface area contributed by atoms with Crippen LogP contribution in [0, 0.1) is 7.14 Å². The van der Waals surface area contributed by atoms with Gasteiger partial charge in [-0.2, -0.15) is 0 Å². The van der Waals surface area contributed by atoms with Gasteiger partial charge in [0.2, 0.25) is 0 Å². The monoisotopic (exact) mass is 740 g/mol. The van der Waals surface area contributed by atoms with E-state index >= 15 is 0 Å². The zero-order valence-electron chi connectivity index (χ0n) is 21.6. The Bertz CT molecular complexity index is 1700. The molecule has 2 nitrogen and oxygen atoms in total. The minimum atomic E-state index is 0.758. The van der Waals surface area contributed by atoms with Gasteiger partial charge in [0.25, 0.3) is 0 Å². The summed E-state index contributed by atoms with van der Waals surface area (Å²) in [6.45, 7) is 0. The Balaban J connectivity index is 1.81. The standard InChI is InChI=1S/C36H26I2N2/c37-34-32(27-21-23-28(39)24-22-27)31(25-13-5-1-6-14-25)33(26-15-7-2-8-16-26)36(35(34)38)40(29-17-9-3-10-18-29)30-19-11-4-12-20-30/h1-24H,39H2. The Labute approximate surface area is 262 Å². The van der Waals surface area contributed by atoms with Crippen LogP contribution in [0.4, 0.5) is 22.7 Å². The Morgan fingerprint density at radius 3 is 1.27 bits per heavy atom. The number of benzene rings is 6. The Morgan fingerprint density at radius 2 is 0.800 bits per heavy atom. The molecule has 4 heteroatoms. The zero-order valence-corrected chi connectivity index (χ0v) is 26.0. The number of nitrogen functional groups attached to an aromatic ring is 1. The minimum Gasteiger partial charge on any atom is -0.399 e. The summed E-state index contributed by atoms with van der Waals surface area (Å²) in [7, 11) is 0. The zero-order chi connectivity index (χ0) is 27.5. The van der Waals surface area contributed by atoms with Crippen LogP contribution in [0.15, 0.2) is 146 Å². The summed E-state index contributed by atoms with van der Waals surface area (Å²) in [5.41, 5.74) is 17.3. The minimum absolute atomic E-state index is 0.758. The van der Waals surface area contributed by atoms with E-state index in [1.807, 2.05) is 12.1 Å². The van der Waals surface area contributed by atoms with Gasteiger partial charge in [0.1, 0.15) is 0 Å². The van der Waals surface area contributed by atoms with E-state index in [2.05, 4.69) is 184 Å². The topological polar surface area (TPSA) is 29.3 Å². The molecule has 0 radical (unpaired) electrons. The third kappa shape index (κ3) is 5.13. The van der Waals surface area contributed by atoms with E-state index in [4.69, 9.17) is 5.73 Å². The maximum atomic E-state index is 6.13. The lowest BCUT2D eigenvalue weighted by Crippen LogP contribution is -2.15. The summed E-state index contributed by atoms with van der Waals surface area (Å²) in [5.74, 6) is 0. The normalized spacial score (nSPS) is 10.8. The number of hydrogen-bond acceptors (Lipinski definition) is 2. The van der Waals surface area contributed by atoms with Gasteiger partial charge in [0.15, 0.2) is 0 Å². The van der Waals surface area contributed by atoms with Crippen LogP contribution in [-0.4, -0.2) is 0 Å². The number of hydrogen-bond donors (Lipinski definition) is 1. The van der Waals surface area contributed by atoms with Gasteiger partial charge in [-0.1, -0.05) is 109 Å². The highest BCUT2D eigenvalue weighted by Crippen LogP contribution is 2.53. The molecule has 0 aromatic heterocycles. The maximum Gasteiger partial charge on any atom is 0.0690 e. The van der Waals surface area contributed by atoms with E-state index in [-0.39, 0.29) is 0 Å². The van der Waals surface area contributed by atoms with Gasteiger partial charge in [0.05, 0.1) is 9.26 Å². The van der Waals surface area contributed by atoms with Crippen molar-refractivity contribution in [2.75, 3.05) is 10.6 Å². The first kappa shape index (κ1) is 26.6. The summed E-state index contributed by atoms with van der Waals surface area (Å²) < 4.78 is 2.39. The van der Waals surface area contributed by atoms with Crippen LogP contribution in [0.25, 0.3) is 33.4 Å². The first-order valence-corrected chi connectivity index (χ1v) is 15.2. The van der Waals surface area contributed by atoms with E-state index in [1.165, 1.54) is 35.0 Å². The maximum absolute atomic E-state index is 6.13. The third-order valence-corrected chi connectivity index (χ3v) is 10.1. The molecular weight excluding hydrogens is 714 g/mol. The number of rotatable bonds is 6. The number of halogens is 2. The number of nitrogens with two attached hydrogens (primary N) is 1. The summed E-state index contributed by atoms with van der Waals surface area (Å²) in [6.07, 6.45) is 0. The quantitative estimate of drug-likeness (QED) is 0.136. The fraction of sp³-hybridized carbons (Fsp3) is 0. The second-order valence-electron chi connectivity index (χ2n) is 9.46. The highest BCUT2D eigenvalue weighted by atomic mass is 127. The number of nitrogens with zero attached hydrogens (tertiary/aromatic N) is 1. The molecular formula is C36H26I2N2. The van der Waals surface area contributed by atoms with Crippen molar-refractivity contribution in [1.82, 2.24) is 0 Å². The second-order valence-corrected chi connectivity index (χ2v) is 11.6. The van der Waals surface area contributed by atoms with E-state index < -0.39 is 0 Å². The lowest BCUT2D eigenvalue weighted by Gasteiger charge is -2.32. The second kappa shape index (κ2) is 11.9. The first-order valence-electron chi connectivity index (χ1n) is 13.1. The van der Waals surface area contributed by atoms with Crippen LogP contribution in [0.2, 0.25) is 0 Å². The highest BCUT2D eigenvalue weighted by Gasteiger charge is 2.29. The highest BCUT2D eigenvalue weighted by molar-refractivity contribution is 14.1. The fourth-order valence-corrected chi connectivity index (χ4v) is 6.77. The van der Waals surface area contributed by atoms with Gasteiger partial charge >= 0.3 is 0 Å². The van der Waals surface area contributed by atoms with Crippen molar-refractivity contribution >= 4 is 67.9 Å². The molecule has 6 aromatic rings. The molecule has 0 spiro atoms. The van der Waals surface area contributed by atoms with Crippen molar-refractivity contribution in [3.8, 4) is 33.4 Å². The van der Waals surface area contributed by atoms with E-state index in [9.17, 15) is 0 Å². The van der Waals surface area contributed by atoms with Crippen LogP contribution in [0.3, 0.4) is 0 Å². The lowest BCUT2D eigenvalue weighted by atomic mass is 9.86. The molecule has 0 unspecified atom stereocenters. The van der Waals surface area contributed by atoms with Crippen molar-refractivity contribution in [3.63, 3.8) is 0 Å². The Kier molecular flexibility index (Phi) is 7.89. The molecule has 194 valence electrons. The molecule has 0 aliphatic carbocycles. The molecule has 0 atom stereocenters. The van der Waals surface area contributed by atoms with E-state index in [0.29, 0.717) is 0 Å². The average Bonchev–Trinajstić information content (AvgIpc) is 3.02. The molecule has 6 aromatic carbocycles. The largest absolute Gasteiger partial charge is 0.399 e. The molecule has 0 amide bonds. The molecule has 0 bridgehead atoms. The molecule has 0 aliphatic heterocycles. The summed E-state index contributed by atoms with van der Waals surface area (Å²) >= 11 is 5.09. The summed E-state index contributed by atoms with van der Waals surface area (Å²) in [6, 6.07) is 51.0. The van der Waals surface area contributed by atoms with Crippen LogP contribution < -0.4 is 10.6 Å². The average molecular weight is 740 g/mol. The molecule has 0 aliphatic rings. The fourth-order valence-electron chi connectivity index (χ4n) is 5.15. The molecule has 0 saturated heterocycles. The van der Waals surface area contributed by atoms with Crippen molar-refractivity contribution in [2.45, 2.75) is 0 Å². The molecule has 6 rings (SSSR count). The summed E-state index contributed by atoms with van der Waals surface area (Å²) in [4.78, 5) is 2.39. The smallest absolute Gasteiger partial charge is 0.0690 e. The molecule has 0 fully saturated rings.